The Morgan fingerprint density at radius 1 is 0.788 bits per heavy atom. The van der Waals surface area contributed by atoms with Gasteiger partial charge < -0.3 is 5.32 Å². The maximum Gasteiger partial charge on any atom is 0.317 e. The molecule has 6 nitrogen and oxygen atoms in total. The molecule has 0 aliphatic rings. The second kappa shape index (κ2) is 9.88. The van der Waals surface area contributed by atoms with E-state index in [9.17, 15) is 14.4 Å². The molecule has 0 bridgehead atoms. The molecule has 0 unspecified atom stereocenters. The number of fused-ring (bicyclic) bond motifs is 1. The van der Waals surface area contributed by atoms with Crippen molar-refractivity contribution in [1.82, 2.24) is 14.5 Å². The van der Waals surface area contributed by atoms with E-state index in [0.717, 1.165) is 17.5 Å². The fraction of sp³-hybridized carbons (Fsp3) is 0.192. The van der Waals surface area contributed by atoms with Crippen molar-refractivity contribution in [3.63, 3.8) is 0 Å². The molecule has 0 fully saturated rings. The standard InChI is InChI=1S/C26H24ClN3O3/c1-2-18-7-9-19(10-8-18)15-28-24(31)17-30-23-6-4-3-5-22(23)29(25(32)26(30)33)16-20-11-13-21(27)14-12-20/h3-14H,2,15-17H2,1H3,(H,28,31). The van der Waals surface area contributed by atoms with Crippen LogP contribution in [0, 0.1) is 0 Å². The van der Waals surface area contributed by atoms with Crippen LogP contribution in [0.15, 0.2) is 82.4 Å². The van der Waals surface area contributed by atoms with Crippen molar-refractivity contribution in [2.24, 2.45) is 0 Å². The smallest absolute Gasteiger partial charge is 0.317 e. The van der Waals surface area contributed by atoms with Crippen molar-refractivity contribution in [1.29, 1.82) is 0 Å². The van der Waals surface area contributed by atoms with E-state index >= 15 is 0 Å². The highest BCUT2D eigenvalue weighted by atomic mass is 35.5. The molecule has 4 rings (SSSR count). The average molecular weight is 462 g/mol. The van der Waals surface area contributed by atoms with Crippen LogP contribution in [-0.2, 0) is 30.8 Å². The van der Waals surface area contributed by atoms with Gasteiger partial charge in [-0.05, 0) is 47.4 Å². The molecule has 7 heteroatoms. The van der Waals surface area contributed by atoms with Gasteiger partial charge in [0.1, 0.15) is 6.54 Å². The van der Waals surface area contributed by atoms with Crippen LogP contribution in [0.4, 0.5) is 0 Å². The number of aromatic nitrogens is 2. The number of amides is 1. The molecule has 168 valence electrons. The molecular weight excluding hydrogens is 438 g/mol. The predicted molar refractivity (Wildman–Crippen MR) is 131 cm³/mol. The molecule has 4 aromatic rings. The maximum absolute atomic E-state index is 13.0. The Labute approximate surface area is 196 Å². The van der Waals surface area contributed by atoms with Crippen molar-refractivity contribution in [2.75, 3.05) is 0 Å². The first-order valence-electron chi connectivity index (χ1n) is 10.8. The fourth-order valence-electron chi connectivity index (χ4n) is 3.75. The predicted octanol–water partition coefficient (Wildman–Crippen LogP) is 3.74. The molecule has 1 aromatic heterocycles. The van der Waals surface area contributed by atoms with Crippen molar-refractivity contribution in [3.8, 4) is 0 Å². The summed E-state index contributed by atoms with van der Waals surface area (Å²) in [4.78, 5) is 38.6. The Bertz CT molecular complexity index is 1400. The summed E-state index contributed by atoms with van der Waals surface area (Å²) in [7, 11) is 0. The van der Waals surface area contributed by atoms with E-state index in [4.69, 9.17) is 11.6 Å². The minimum Gasteiger partial charge on any atom is -0.350 e. The number of hydrogen-bond acceptors (Lipinski definition) is 3. The number of carbonyl (C=O) groups is 1. The fourth-order valence-corrected chi connectivity index (χ4v) is 3.88. The summed E-state index contributed by atoms with van der Waals surface area (Å²) in [6.45, 7) is 2.43. The van der Waals surface area contributed by atoms with Crippen molar-refractivity contribution in [2.45, 2.75) is 33.0 Å². The lowest BCUT2D eigenvalue weighted by Crippen LogP contribution is -2.44. The van der Waals surface area contributed by atoms with Crippen molar-refractivity contribution < 1.29 is 4.79 Å². The molecule has 0 aliphatic carbocycles. The summed E-state index contributed by atoms with van der Waals surface area (Å²) in [5, 5.41) is 3.43. The molecule has 1 heterocycles. The summed E-state index contributed by atoms with van der Waals surface area (Å²) in [5.74, 6) is -0.336. The summed E-state index contributed by atoms with van der Waals surface area (Å²) in [6, 6.07) is 22.2. The van der Waals surface area contributed by atoms with Gasteiger partial charge in [-0.3, -0.25) is 23.5 Å². The van der Waals surface area contributed by atoms with E-state index in [0.29, 0.717) is 22.6 Å². The zero-order valence-corrected chi connectivity index (χ0v) is 19.0. The lowest BCUT2D eigenvalue weighted by Gasteiger charge is -2.15. The molecule has 1 amide bonds. The van der Waals surface area contributed by atoms with Crippen LogP contribution >= 0.6 is 11.6 Å². The number of halogens is 1. The number of hydrogen-bond donors (Lipinski definition) is 1. The van der Waals surface area contributed by atoms with Gasteiger partial charge in [0.25, 0.3) is 0 Å². The van der Waals surface area contributed by atoms with E-state index in [-0.39, 0.29) is 19.0 Å². The molecule has 33 heavy (non-hydrogen) atoms. The molecule has 3 aromatic carbocycles. The van der Waals surface area contributed by atoms with E-state index in [1.165, 1.54) is 14.7 Å². The summed E-state index contributed by atoms with van der Waals surface area (Å²) >= 11 is 5.95. The van der Waals surface area contributed by atoms with Gasteiger partial charge >= 0.3 is 11.1 Å². The Kier molecular flexibility index (Phi) is 6.75. The second-order valence-corrected chi connectivity index (χ2v) is 8.28. The molecule has 0 saturated carbocycles. The minimum absolute atomic E-state index is 0.229. The van der Waals surface area contributed by atoms with Crippen LogP contribution in [-0.4, -0.2) is 15.0 Å². The summed E-state index contributed by atoms with van der Waals surface area (Å²) < 4.78 is 2.68. The van der Waals surface area contributed by atoms with Gasteiger partial charge in [-0.15, -0.1) is 0 Å². The Hall–Kier alpha value is -3.64. The summed E-state index contributed by atoms with van der Waals surface area (Å²) in [5.41, 5.74) is 2.74. The average Bonchev–Trinajstić information content (AvgIpc) is 2.84. The minimum atomic E-state index is -0.731. The van der Waals surface area contributed by atoms with Gasteiger partial charge in [0.15, 0.2) is 0 Å². The highest BCUT2D eigenvalue weighted by Gasteiger charge is 2.15. The normalized spacial score (nSPS) is 11.0. The molecule has 0 radical (unpaired) electrons. The number of carbonyl (C=O) groups excluding carboxylic acids is 1. The third-order valence-electron chi connectivity index (χ3n) is 5.61. The first kappa shape index (κ1) is 22.6. The van der Waals surface area contributed by atoms with Gasteiger partial charge in [-0.1, -0.05) is 67.1 Å². The molecule has 0 atom stereocenters. The van der Waals surface area contributed by atoms with Crippen molar-refractivity contribution >= 4 is 28.5 Å². The van der Waals surface area contributed by atoms with Crippen LogP contribution in [0.1, 0.15) is 23.6 Å². The summed E-state index contributed by atoms with van der Waals surface area (Å²) in [6.07, 6.45) is 0.951. The molecule has 0 spiro atoms. The van der Waals surface area contributed by atoms with Gasteiger partial charge in [-0.25, -0.2) is 0 Å². The quantitative estimate of drug-likeness (QED) is 0.426. The third-order valence-corrected chi connectivity index (χ3v) is 5.87. The number of nitrogens with zero attached hydrogens (tertiary/aromatic N) is 2. The second-order valence-electron chi connectivity index (χ2n) is 7.84. The van der Waals surface area contributed by atoms with E-state index in [1.54, 1.807) is 36.4 Å². The van der Waals surface area contributed by atoms with Gasteiger partial charge in [0.2, 0.25) is 5.91 Å². The molecular formula is C26H24ClN3O3. The first-order chi connectivity index (χ1) is 16.0. The maximum atomic E-state index is 13.0. The Balaban J connectivity index is 1.60. The third kappa shape index (κ3) is 5.07. The first-order valence-corrected chi connectivity index (χ1v) is 11.2. The van der Waals surface area contributed by atoms with Gasteiger partial charge in [0.05, 0.1) is 17.6 Å². The van der Waals surface area contributed by atoms with Crippen molar-refractivity contribution in [3.05, 3.63) is 115 Å². The zero-order valence-electron chi connectivity index (χ0n) is 18.3. The molecule has 0 aliphatic heterocycles. The zero-order chi connectivity index (χ0) is 23.4. The van der Waals surface area contributed by atoms with E-state index in [1.807, 2.05) is 36.4 Å². The van der Waals surface area contributed by atoms with Gasteiger partial charge in [-0.2, -0.15) is 0 Å². The molecule has 0 saturated heterocycles. The number of para-hydroxylation sites is 2. The van der Waals surface area contributed by atoms with Crippen LogP contribution in [0.2, 0.25) is 5.02 Å². The highest BCUT2D eigenvalue weighted by molar-refractivity contribution is 6.30. The number of aryl methyl sites for hydroxylation is 1. The largest absolute Gasteiger partial charge is 0.350 e. The molecule has 1 N–H and O–H groups in total. The van der Waals surface area contributed by atoms with Crippen LogP contribution < -0.4 is 16.4 Å². The van der Waals surface area contributed by atoms with E-state index < -0.39 is 11.1 Å². The Morgan fingerprint density at radius 2 is 1.33 bits per heavy atom. The lowest BCUT2D eigenvalue weighted by molar-refractivity contribution is -0.121. The van der Waals surface area contributed by atoms with E-state index in [2.05, 4.69) is 12.2 Å². The topological polar surface area (TPSA) is 73.1 Å². The number of rotatable bonds is 7. The van der Waals surface area contributed by atoms with Crippen LogP contribution in [0.25, 0.3) is 11.0 Å². The number of nitrogens with one attached hydrogen (secondary N) is 1. The number of benzene rings is 3. The van der Waals surface area contributed by atoms with Crippen LogP contribution in [0.5, 0.6) is 0 Å². The monoisotopic (exact) mass is 461 g/mol. The van der Waals surface area contributed by atoms with Gasteiger partial charge in [0, 0.05) is 11.6 Å². The Morgan fingerprint density at radius 3 is 1.97 bits per heavy atom. The lowest BCUT2D eigenvalue weighted by atomic mass is 10.1. The SMILES string of the molecule is CCc1ccc(CNC(=O)Cn2c(=O)c(=O)n(Cc3ccc(Cl)cc3)c3ccccc32)cc1. The van der Waals surface area contributed by atoms with Crippen LogP contribution in [0.3, 0.4) is 0 Å². The highest BCUT2D eigenvalue weighted by Crippen LogP contribution is 2.14.